The molecule has 5 rings (SSSR count). The second-order valence-electron chi connectivity index (χ2n) is 7.05. The van der Waals surface area contributed by atoms with Gasteiger partial charge in [0.1, 0.15) is 11.5 Å². The van der Waals surface area contributed by atoms with Crippen molar-refractivity contribution in [3.8, 4) is 16.9 Å². The van der Waals surface area contributed by atoms with Gasteiger partial charge in [0.15, 0.2) is 0 Å². The fourth-order valence-electron chi connectivity index (χ4n) is 3.62. The summed E-state index contributed by atoms with van der Waals surface area (Å²) in [6, 6.07) is 14.0. The number of nitrogens with one attached hydrogen (secondary N) is 2. The van der Waals surface area contributed by atoms with Gasteiger partial charge in [-0.2, -0.15) is 0 Å². The lowest BCUT2D eigenvalue weighted by Gasteiger charge is -2.29. The molecular formula is C21H19FN6O. The number of piperazine rings is 1. The van der Waals surface area contributed by atoms with E-state index in [1.54, 1.807) is 23.0 Å². The Bertz CT molecular complexity index is 1220. The summed E-state index contributed by atoms with van der Waals surface area (Å²) in [5, 5.41) is 12.3. The molecule has 0 saturated carbocycles. The van der Waals surface area contributed by atoms with Crippen molar-refractivity contribution in [1.29, 1.82) is 0 Å². The Morgan fingerprint density at radius 1 is 0.966 bits per heavy atom. The number of nitrogens with zero attached hydrogens (tertiary/aromatic N) is 4. The van der Waals surface area contributed by atoms with Crippen LogP contribution < -0.4 is 15.8 Å². The molecule has 1 fully saturated rings. The highest BCUT2D eigenvalue weighted by Crippen LogP contribution is 2.21. The molecule has 2 aromatic carbocycles. The van der Waals surface area contributed by atoms with E-state index in [1.807, 2.05) is 12.1 Å². The molecular weight excluding hydrogens is 371 g/mol. The predicted octanol–water partition coefficient (Wildman–Crippen LogP) is 2.32. The quantitative estimate of drug-likeness (QED) is 0.561. The lowest BCUT2D eigenvalue weighted by atomic mass is 10.1. The van der Waals surface area contributed by atoms with E-state index in [9.17, 15) is 9.18 Å². The van der Waals surface area contributed by atoms with Crippen molar-refractivity contribution < 1.29 is 4.39 Å². The maximum Gasteiger partial charge on any atom is 0.258 e. The smallest absolute Gasteiger partial charge is 0.258 e. The van der Waals surface area contributed by atoms with Crippen LogP contribution in [-0.4, -0.2) is 46.2 Å². The number of hydrogen-bond donors (Lipinski definition) is 2. The topological polar surface area (TPSA) is 78.8 Å². The summed E-state index contributed by atoms with van der Waals surface area (Å²) < 4.78 is 15.2. The molecule has 0 unspecified atom stereocenters. The van der Waals surface area contributed by atoms with E-state index < -0.39 is 0 Å². The van der Waals surface area contributed by atoms with Gasteiger partial charge in [0.05, 0.1) is 17.4 Å². The van der Waals surface area contributed by atoms with Crippen LogP contribution in [0.3, 0.4) is 0 Å². The molecule has 0 atom stereocenters. The highest BCUT2D eigenvalue weighted by Gasteiger charge is 2.13. The van der Waals surface area contributed by atoms with Crippen LogP contribution in [0.5, 0.6) is 0 Å². The van der Waals surface area contributed by atoms with Crippen molar-refractivity contribution in [1.82, 2.24) is 25.3 Å². The molecule has 146 valence electrons. The van der Waals surface area contributed by atoms with Gasteiger partial charge in [0, 0.05) is 42.8 Å². The molecule has 0 bridgehead atoms. The zero-order valence-corrected chi connectivity index (χ0v) is 15.6. The first-order chi connectivity index (χ1) is 14.2. The molecule has 0 spiro atoms. The van der Waals surface area contributed by atoms with Gasteiger partial charge in [-0.05, 0) is 48.5 Å². The standard InChI is InChI=1S/C21H19FN6O/c22-15-1-6-19-14(11-15)12-18(21(29)24-19)20-13-28(26-25-20)17-4-2-16(3-5-17)27-9-7-23-8-10-27/h1-6,11-13,23H,7-10H2,(H,24,29). The predicted molar refractivity (Wildman–Crippen MR) is 110 cm³/mol. The van der Waals surface area contributed by atoms with Gasteiger partial charge in [0.2, 0.25) is 0 Å². The molecule has 1 saturated heterocycles. The van der Waals surface area contributed by atoms with Crippen LogP contribution in [0.2, 0.25) is 0 Å². The molecule has 1 aliphatic rings. The van der Waals surface area contributed by atoms with Crippen LogP contribution in [0.4, 0.5) is 10.1 Å². The Hall–Kier alpha value is -3.52. The van der Waals surface area contributed by atoms with Crippen molar-refractivity contribution in [2.45, 2.75) is 0 Å². The fourth-order valence-corrected chi connectivity index (χ4v) is 3.62. The van der Waals surface area contributed by atoms with Crippen molar-refractivity contribution in [2.75, 3.05) is 31.1 Å². The number of aromatic amines is 1. The minimum atomic E-state index is -0.358. The average Bonchev–Trinajstić information content (AvgIpc) is 3.24. The Balaban J connectivity index is 1.45. The van der Waals surface area contributed by atoms with E-state index >= 15 is 0 Å². The molecule has 0 amide bonds. The Morgan fingerprint density at radius 3 is 2.52 bits per heavy atom. The van der Waals surface area contributed by atoms with Gasteiger partial charge in [0.25, 0.3) is 5.56 Å². The largest absolute Gasteiger partial charge is 0.369 e. The van der Waals surface area contributed by atoms with Crippen LogP contribution in [0.15, 0.2) is 59.5 Å². The molecule has 8 heteroatoms. The Morgan fingerprint density at radius 2 is 1.72 bits per heavy atom. The SMILES string of the molecule is O=c1[nH]c2ccc(F)cc2cc1-c1cn(-c2ccc(N3CCNCC3)cc2)nn1. The van der Waals surface area contributed by atoms with Crippen LogP contribution in [0.1, 0.15) is 0 Å². The maximum atomic E-state index is 13.5. The summed E-state index contributed by atoms with van der Waals surface area (Å²) in [6.45, 7) is 3.94. The second-order valence-corrected chi connectivity index (χ2v) is 7.05. The van der Waals surface area contributed by atoms with Crippen LogP contribution in [-0.2, 0) is 0 Å². The number of anilines is 1. The number of benzene rings is 2. The maximum absolute atomic E-state index is 13.5. The van der Waals surface area contributed by atoms with E-state index in [4.69, 9.17) is 0 Å². The first-order valence-corrected chi connectivity index (χ1v) is 9.49. The minimum absolute atomic E-state index is 0.287. The average molecular weight is 390 g/mol. The third-order valence-corrected chi connectivity index (χ3v) is 5.17. The normalized spacial score (nSPS) is 14.4. The van der Waals surface area contributed by atoms with Crippen LogP contribution in [0.25, 0.3) is 27.8 Å². The first-order valence-electron chi connectivity index (χ1n) is 9.49. The zero-order chi connectivity index (χ0) is 19.8. The molecule has 29 heavy (non-hydrogen) atoms. The summed E-state index contributed by atoms with van der Waals surface area (Å²) in [7, 11) is 0. The van der Waals surface area contributed by atoms with E-state index in [-0.39, 0.29) is 11.4 Å². The van der Waals surface area contributed by atoms with Crippen molar-refractivity contribution in [2.24, 2.45) is 0 Å². The first kappa shape index (κ1) is 17.6. The molecule has 0 radical (unpaired) electrons. The van der Waals surface area contributed by atoms with Gasteiger partial charge >= 0.3 is 0 Å². The molecule has 0 aliphatic carbocycles. The zero-order valence-electron chi connectivity index (χ0n) is 15.6. The van der Waals surface area contributed by atoms with Crippen LogP contribution >= 0.6 is 0 Å². The van der Waals surface area contributed by atoms with Gasteiger partial charge in [-0.15, -0.1) is 5.10 Å². The van der Waals surface area contributed by atoms with Gasteiger partial charge in [-0.25, -0.2) is 9.07 Å². The molecule has 4 aromatic rings. The Labute approximate surface area is 165 Å². The second kappa shape index (κ2) is 7.14. The number of hydrogen-bond acceptors (Lipinski definition) is 5. The number of pyridine rings is 1. The summed E-state index contributed by atoms with van der Waals surface area (Å²) in [5.74, 6) is -0.358. The number of rotatable bonds is 3. The highest BCUT2D eigenvalue weighted by atomic mass is 19.1. The summed E-state index contributed by atoms with van der Waals surface area (Å²) in [4.78, 5) is 17.5. The lowest BCUT2D eigenvalue weighted by Crippen LogP contribution is -2.43. The number of halogens is 1. The van der Waals surface area contributed by atoms with Gasteiger partial charge < -0.3 is 15.2 Å². The molecule has 3 heterocycles. The van der Waals surface area contributed by atoms with E-state index in [0.29, 0.717) is 22.2 Å². The van der Waals surface area contributed by atoms with E-state index in [0.717, 1.165) is 31.9 Å². The molecule has 2 aromatic heterocycles. The molecule has 7 nitrogen and oxygen atoms in total. The minimum Gasteiger partial charge on any atom is -0.369 e. The Kier molecular flexibility index (Phi) is 4.33. The number of H-pyrrole nitrogens is 1. The summed E-state index contributed by atoms with van der Waals surface area (Å²) >= 11 is 0. The van der Waals surface area contributed by atoms with Gasteiger partial charge in [-0.3, -0.25) is 4.79 Å². The summed E-state index contributed by atoms with van der Waals surface area (Å²) in [5.41, 5.74) is 3.10. The van der Waals surface area contributed by atoms with E-state index in [2.05, 4.69) is 37.6 Å². The third-order valence-electron chi connectivity index (χ3n) is 5.17. The lowest BCUT2D eigenvalue weighted by molar-refractivity contribution is 0.589. The molecule has 1 aliphatic heterocycles. The molecule has 2 N–H and O–H groups in total. The van der Waals surface area contributed by atoms with Crippen molar-refractivity contribution in [3.05, 3.63) is 70.9 Å². The number of fused-ring (bicyclic) bond motifs is 1. The van der Waals surface area contributed by atoms with Crippen molar-refractivity contribution >= 4 is 16.6 Å². The van der Waals surface area contributed by atoms with E-state index in [1.165, 1.54) is 17.8 Å². The monoisotopic (exact) mass is 390 g/mol. The van der Waals surface area contributed by atoms with Gasteiger partial charge in [-0.1, -0.05) is 5.21 Å². The van der Waals surface area contributed by atoms with Crippen LogP contribution in [0, 0.1) is 5.82 Å². The van der Waals surface area contributed by atoms with Crippen molar-refractivity contribution in [3.63, 3.8) is 0 Å². The highest BCUT2D eigenvalue weighted by molar-refractivity contribution is 5.82. The number of aromatic nitrogens is 4. The fraction of sp³-hybridized carbons (Fsp3) is 0.190. The third kappa shape index (κ3) is 3.38. The summed E-state index contributed by atoms with van der Waals surface area (Å²) in [6.07, 6.45) is 1.70.